The van der Waals surface area contributed by atoms with Crippen molar-refractivity contribution in [3.63, 3.8) is 0 Å². The molecule has 1 N–H and O–H groups in total. The third-order valence-electron chi connectivity index (χ3n) is 2.09. The molecule has 2 atom stereocenters. The minimum atomic E-state index is 0.569. The van der Waals surface area contributed by atoms with Crippen LogP contribution < -0.4 is 5.32 Å². The SMILES string of the molecule is C(CC1CO1)NCCC1CO1. The largest absolute Gasteiger partial charge is 0.373 e. The summed E-state index contributed by atoms with van der Waals surface area (Å²) in [6.45, 7) is 4.15. The molecule has 2 fully saturated rings. The van der Waals surface area contributed by atoms with E-state index in [9.17, 15) is 0 Å². The normalized spacial score (nSPS) is 33.8. The van der Waals surface area contributed by atoms with Gasteiger partial charge in [0.25, 0.3) is 0 Å². The van der Waals surface area contributed by atoms with Crippen LogP contribution in [0.15, 0.2) is 0 Å². The minimum absolute atomic E-state index is 0.569. The first-order valence-electron chi connectivity index (χ1n) is 4.39. The highest BCUT2D eigenvalue weighted by atomic mass is 16.6. The second kappa shape index (κ2) is 3.52. The quantitative estimate of drug-likeness (QED) is 0.440. The first-order chi connectivity index (χ1) is 5.45. The molecule has 2 saturated heterocycles. The Morgan fingerprint density at radius 3 is 1.82 bits per heavy atom. The van der Waals surface area contributed by atoms with Crippen LogP contribution in [-0.2, 0) is 9.47 Å². The van der Waals surface area contributed by atoms with Crippen LogP contribution in [0.2, 0.25) is 0 Å². The molecule has 0 aromatic heterocycles. The number of ether oxygens (including phenoxy) is 2. The van der Waals surface area contributed by atoms with E-state index >= 15 is 0 Å². The second-order valence-electron chi connectivity index (χ2n) is 3.24. The van der Waals surface area contributed by atoms with Gasteiger partial charge in [-0.2, -0.15) is 0 Å². The zero-order valence-corrected chi connectivity index (χ0v) is 6.71. The van der Waals surface area contributed by atoms with Crippen LogP contribution in [0.5, 0.6) is 0 Å². The fourth-order valence-corrected chi connectivity index (χ4v) is 1.12. The molecule has 0 aromatic carbocycles. The van der Waals surface area contributed by atoms with E-state index in [2.05, 4.69) is 5.32 Å². The molecule has 3 nitrogen and oxygen atoms in total. The molecular formula is C8H15NO2. The highest BCUT2D eigenvalue weighted by Crippen LogP contribution is 2.13. The standard InChI is InChI=1S/C8H15NO2/c1(7-5-10-7)3-9-4-2-8-6-11-8/h7-9H,1-6H2. The van der Waals surface area contributed by atoms with Crippen LogP contribution in [0.4, 0.5) is 0 Å². The molecule has 2 aliphatic rings. The Kier molecular flexibility index (Phi) is 2.41. The average Bonchev–Trinajstić information content (AvgIpc) is 2.83. The van der Waals surface area contributed by atoms with Gasteiger partial charge in [-0.15, -0.1) is 0 Å². The van der Waals surface area contributed by atoms with Crippen LogP contribution in [-0.4, -0.2) is 38.5 Å². The maximum absolute atomic E-state index is 5.08. The van der Waals surface area contributed by atoms with Crippen molar-refractivity contribution in [1.82, 2.24) is 5.32 Å². The van der Waals surface area contributed by atoms with Gasteiger partial charge in [-0.05, 0) is 25.9 Å². The molecule has 0 aliphatic carbocycles. The lowest BCUT2D eigenvalue weighted by Gasteiger charge is -1.99. The lowest BCUT2D eigenvalue weighted by Crippen LogP contribution is -2.19. The van der Waals surface area contributed by atoms with Crippen LogP contribution in [0.3, 0.4) is 0 Å². The van der Waals surface area contributed by atoms with E-state index < -0.39 is 0 Å². The summed E-state index contributed by atoms with van der Waals surface area (Å²) in [6, 6.07) is 0. The third kappa shape index (κ3) is 3.18. The lowest BCUT2D eigenvalue weighted by atomic mass is 10.3. The summed E-state index contributed by atoms with van der Waals surface area (Å²) >= 11 is 0. The molecule has 0 saturated carbocycles. The number of rotatable bonds is 6. The summed E-state index contributed by atoms with van der Waals surface area (Å²) < 4.78 is 10.2. The van der Waals surface area contributed by atoms with Gasteiger partial charge >= 0.3 is 0 Å². The summed E-state index contributed by atoms with van der Waals surface area (Å²) in [5, 5.41) is 3.37. The van der Waals surface area contributed by atoms with E-state index in [0.717, 1.165) is 26.3 Å². The Balaban J connectivity index is 1.35. The Morgan fingerprint density at radius 2 is 1.45 bits per heavy atom. The smallest absolute Gasteiger partial charge is 0.0822 e. The molecule has 2 heterocycles. The Morgan fingerprint density at radius 1 is 1.00 bits per heavy atom. The van der Waals surface area contributed by atoms with Crippen molar-refractivity contribution >= 4 is 0 Å². The van der Waals surface area contributed by atoms with Gasteiger partial charge in [-0.3, -0.25) is 0 Å². The van der Waals surface area contributed by atoms with E-state index in [1.165, 1.54) is 12.8 Å². The summed E-state index contributed by atoms with van der Waals surface area (Å²) in [4.78, 5) is 0. The van der Waals surface area contributed by atoms with Crippen molar-refractivity contribution < 1.29 is 9.47 Å². The molecule has 0 aromatic rings. The first-order valence-corrected chi connectivity index (χ1v) is 4.39. The van der Waals surface area contributed by atoms with Crippen LogP contribution >= 0.6 is 0 Å². The van der Waals surface area contributed by atoms with Gasteiger partial charge < -0.3 is 14.8 Å². The van der Waals surface area contributed by atoms with Crippen molar-refractivity contribution in [3.05, 3.63) is 0 Å². The van der Waals surface area contributed by atoms with Crippen LogP contribution in [0.25, 0.3) is 0 Å². The Labute approximate surface area is 67.1 Å². The fraction of sp³-hybridized carbons (Fsp3) is 1.00. The fourth-order valence-electron chi connectivity index (χ4n) is 1.12. The molecule has 0 radical (unpaired) electrons. The van der Waals surface area contributed by atoms with Gasteiger partial charge in [-0.1, -0.05) is 0 Å². The summed E-state index contributed by atoms with van der Waals surface area (Å²) in [6.07, 6.45) is 3.48. The summed E-state index contributed by atoms with van der Waals surface area (Å²) in [7, 11) is 0. The molecular weight excluding hydrogens is 142 g/mol. The van der Waals surface area contributed by atoms with E-state index in [1.54, 1.807) is 0 Å². The highest BCUT2D eigenvalue weighted by Gasteiger charge is 2.22. The molecule has 2 aliphatic heterocycles. The molecule has 2 rings (SSSR count). The lowest BCUT2D eigenvalue weighted by molar-refractivity contribution is 0.380. The molecule has 2 unspecified atom stereocenters. The predicted octanol–water partition coefficient (Wildman–Crippen LogP) is 0.154. The molecule has 0 spiro atoms. The first kappa shape index (κ1) is 7.53. The average molecular weight is 157 g/mol. The van der Waals surface area contributed by atoms with Gasteiger partial charge in [0.15, 0.2) is 0 Å². The number of hydrogen-bond acceptors (Lipinski definition) is 3. The minimum Gasteiger partial charge on any atom is -0.373 e. The summed E-state index contributed by atoms with van der Waals surface area (Å²) in [5.41, 5.74) is 0. The molecule has 11 heavy (non-hydrogen) atoms. The molecule has 64 valence electrons. The maximum atomic E-state index is 5.08. The van der Waals surface area contributed by atoms with Gasteiger partial charge in [0.2, 0.25) is 0 Å². The molecule has 0 bridgehead atoms. The van der Waals surface area contributed by atoms with Crippen molar-refractivity contribution in [2.45, 2.75) is 25.0 Å². The Bertz CT molecular complexity index is 107. The van der Waals surface area contributed by atoms with Crippen molar-refractivity contribution in [2.75, 3.05) is 26.3 Å². The Hall–Kier alpha value is -0.120. The molecule has 3 heteroatoms. The monoisotopic (exact) mass is 157 g/mol. The maximum Gasteiger partial charge on any atom is 0.0822 e. The topological polar surface area (TPSA) is 37.1 Å². The number of nitrogens with one attached hydrogen (secondary N) is 1. The highest BCUT2D eigenvalue weighted by molar-refractivity contribution is 4.72. The van der Waals surface area contributed by atoms with Gasteiger partial charge in [0, 0.05) is 0 Å². The van der Waals surface area contributed by atoms with E-state index in [0.29, 0.717) is 12.2 Å². The zero-order chi connectivity index (χ0) is 7.52. The third-order valence-corrected chi connectivity index (χ3v) is 2.09. The second-order valence-corrected chi connectivity index (χ2v) is 3.24. The van der Waals surface area contributed by atoms with Crippen molar-refractivity contribution in [3.8, 4) is 0 Å². The predicted molar refractivity (Wildman–Crippen MR) is 41.6 cm³/mol. The zero-order valence-electron chi connectivity index (χ0n) is 6.71. The van der Waals surface area contributed by atoms with Crippen molar-refractivity contribution in [2.24, 2.45) is 0 Å². The van der Waals surface area contributed by atoms with Gasteiger partial charge in [0.1, 0.15) is 0 Å². The van der Waals surface area contributed by atoms with E-state index in [1.807, 2.05) is 0 Å². The van der Waals surface area contributed by atoms with Crippen molar-refractivity contribution in [1.29, 1.82) is 0 Å². The van der Waals surface area contributed by atoms with Gasteiger partial charge in [-0.25, -0.2) is 0 Å². The molecule has 0 amide bonds. The number of epoxide rings is 2. The number of hydrogen-bond donors (Lipinski definition) is 1. The van der Waals surface area contributed by atoms with E-state index in [4.69, 9.17) is 9.47 Å². The van der Waals surface area contributed by atoms with Crippen LogP contribution in [0.1, 0.15) is 12.8 Å². The van der Waals surface area contributed by atoms with Gasteiger partial charge in [0.05, 0.1) is 25.4 Å². The summed E-state index contributed by atoms with van der Waals surface area (Å²) in [5.74, 6) is 0. The van der Waals surface area contributed by atoms with E-state index in [-0.39, 0.29) is 0 Å². The van der Waals surface area contributed by atoms with Crippen LogP contribution in [0, 0.1) is 0 Å².